The number of anilines is 1. The monoisotopic (exact) mass is 371 g/mol. The lowest BCUT2D eigenvalue weighted by molar-refractivity contribution is 0.572. The predicted octanol–water partition coefficient (Wildman–Crippen LogP) is 4.84. The Morgan fingerprint density at radius 1 is 0.964 bits per heavy atom. The molecule has 1 aromatic heterocycles. The summed E-state index contributed by atoms with van der Waals surface area (Å²) in [5, 5.41) is 0. The highest BCUT2D eigenvalue weighted by atomic mass is 16.1. The number of hydrogen-bond acceptors (Lipinski definition) is 3. The fraction of sp³-hybridized carbons (Fsp3) is 0.250. The average molecular weight is 371 g/mol. The molecule has 2 aromatic carbocycles. The first kappa shape index (κ1) is 18.2. The van der Waals surface area contributed by atoms with E-state index in [0.29, 0.717) is 11.4 Å². The molecule has 0 spiro atoms. The second-order valence-corrected chi connectivity index (χ2v) is 7.27. The molecule has 4 heteroatoms. The van der Waals surface area contributed by atoms with Gasteiger partial charge in [0.1, 0.15) is 11.6 Å². The molecule has 1 aliphatic rings. The summed E-state index contributed by atoms with van der Waals surface area (Å²) in [5.41, 5.74) is 3.39. The Balaban J connectivity index is 2.00. The quantitative estimate of drug-likeness (QED) is 0.658. The smallest absolute Gasteiger partial charge is 0.267 e. The number of piperidine rings is 1. The maximum atomic E-state index is 13.6. The molecule has 0 saturated carbocycles. The zero-order valence-electron chi connectivity index (χ0n) is 16.3. The number of nitrogens with zero attached hydrogens (tertiary/aromatic N) is 3. The minimum Gasteiger partial charge on any atom is -0.356 e. The molecule has 28 heavy (non-hydrogen) atoms. The molecule has 4 nitrogen and oxygen atoms in total. The van der Waals surface area contributed by atoms with E-state index in [9.17, 15) is 4.79 Å². The lowest BCUT2D eigenvalue weighted by Gasteiger charge is -2.30. The Labute approximate surface area is 165 Å². The van der Waals surface area contributed by atoms with Crippen LogP contribution in [0.3, 0.4) is 0 Å². The Hall–Kier alpha value is -3.14. The van der Waals surface area contributed by atoms with Gasteiger partial charge in [0.25, 0.3) is 5.56 Å². The molecule has 0 amide bonds. The summed E-state index contributed by atoms with van der Waals surface area (Å²) in [7, 11) is 0. The Bertz CT molecular complexity index is 1030. The van der Waals surface area contributed by atoms with Crippen LogP contribution in [-0.4, -0.2) is 22.6 Å². The van der Waals surface area contributed by atoms with Gasteiger partial charge in [-0.05, 0) is 38.3 Å². The summed E-state index contributed by atoms with van der Waals surface area (Å²) < 4.78 is 1.71. The van der Waals surface area contributed by atoms with Gasteiger partial charge in [-0.1, -0.05) is 60.7 Å². The maximum absolute atomic E-state index is 13.6. The highest BCUT2D eigenvalue weighted by Crippen LogP contribution is 2.27. The number of rotatable bonds is 4. The largest absolute Gasteiger partial charge is 0.356 e. The average Bonchev–Trinajstić information content (AvgIpc) is 2.75. The number of aromatic nitrogens is 2. The zero-order valence-corrected chi connectivity index (χ0v) is 16.3. The van der Waals surface area contributed by atoms with Crippen LogP contribution in [0.15, 0.2) is 66.0 Å². The molecule has 3 aromatic rings. The van der Waals surface area contributed by atoms with Gasteiger partial charge >= 0.3 is 0 Å². The second kappa shape index (κ2) is 7.85. The van der Waals surface area contributed by atoms with Gasteiger partial charge in [-0.25, -0.2) is 4.98 Å². The molecule has 142 valence electrons. The number of aryl methyl sites for hydroxylation is 1. The lowest BCUT2D eigenvalue weighted by atomic mass is 10.1. The third-order valence-corrected chi connectivity index (χ3v) is 5.28. The van der Waals surface area contributed by atoms with Gasteiger partial charge in [0.2, 0.25) is 0 Å². The summed E-state index contributed by atoms with van der Waals surface area (Å²) >= 11 is 0. The fourth-order valence-electron chi connectivity index (χ4n) is 3.76. The van der Waals surface area contributed by atoms with Crippen molar-refractivity contribution < 1.29 is 0 Å². The highest BCUT2D eigenvalue weighted by molar-refractivity contribution is 5.68. The van der Waals surface area contributed by atoms with Crippen LogP contribution in [-0.2, 0) is 0 Å². The minimum absolute atomic E-state index is 0.0757. The molecule has 0 radical (unpaired) electrons. The van der Waals surface area contributed by atoms with E-state index < -0.39 is 0 Å². The van der Waals surface area contributed by atoms with Gasteiger partial charge in [-0.3, -0.25) is 9.36 Å². The van der Waals surface area contributed by atoms with Gasteiger partial charge in [-0.15, -0.1) is 0 Å². The molecule has 1 aliphatic heterocycles. The van der Waals surface area contributed by atoms with Crippen LogP contribution in [0.1, 0.15) is 30.4 Å². The zero-order chi connectivity index (χ0) is 19.5. The number of benzene rings is 2. The first-order valence-electron chi connectivity index (χ1n) is 9.86. The predicted molar refractivity (Wildman–Crippen MR) is 116 cm³/mol. The third kappa shape index (κ3) is 3.38. The highest BCUT2D eigenvalue weighted by Gasteiger charge is 2.22. The molecule has 0 bridgehead atoms. The summed E-state index contributed by atoms with van der Waals surface area (Å²) in [5.74, 6) is 1.42. The third-order valence-electron chi connectivity index (χ3n) is 5.28. The molecular weight excluding hydrogens is 346 g/mol. The van der Waals surface area contributed by atoms with Crippen LogP contribution >= 0.6 is 0 Å². The minimum atomic E-state index is -0.0757. The van der Waals surface area contributed by atoms with E-state index in [-0.39, 0.29) is 5.56 Å². The van der Waals surface area contributed by atoms with Gasteiger partial charge in [0.15, 0.2) is 0 Å². The van der Waals surface area contributed by atoms with Gasteiger partial charge < -0.3 is 4.90 Å². The van der Waals surface area contributed by atoms with Crippen LogP contribution in [0, 0.1) is 6.92 Å². The lowest BCUT2D eigenvalue weighted by Crippen LogP contribution is -2.34. The second-order valence-electron chi connectivity index (χ2n) is 7.27. The summed E-state index contributed by atoms with van der Waals surface area (Å²) in [6.07, 6.45) is 5.13. The van der Waals surface area contributed by atoms with Crippen molar-refractivity contribution in [3.8, 4) is 17.1 Å². The van der Waals surface area contributed by atoms with Crippen LogP contribution in [0.5, 0.6) is 0 Å². The first-order valence-corrected chi connectivity index (χ1v) is 9.86. The van der Waals surface area contributed by atoms with Crippen molar-refractivity contribution in [2.24, 2.45) is 0 Å². The summed E-state index contributed by atoms with van der Waals surface area (Å²) in [6.45, 7) is 7.81. The normalized spacial score (nSPS) is 14.1. The standard InChI is InChI=1S/C24H25N3O/c1-3-21-23(26-16-8-5-9-17-26)25-22(19-10-6-4-7-11-19)27(24(21)28)20-14-12-18(2)13-15-20/h3-4,6-7,10-15H,1,5,8-9,16-17H2,2H3. The SMILES string of the molecule is C=Cc1c(N2CCCCC2)nc(-c2ccccc2)n(-c2ccc(C)cc2)c1=O. The molecule has 4 rings (SSSR count). The van der Waals surface area contributed by atoms with Crippen molar-refractivity contribution in [1.29, 1.82) is 0 Å². The Morgan fingerprint density at radius 3 is 2.29 bits per heavy atom. The van der Waals surface area contributed by atoms with Gasteiger partial charge in [0.05, 0.1) is 11.3 Å². The van der Waals surface area contributed by atoms with Crippen molar-refractivity contribution >= 4 is 11.9 Å². The van der Waals surface area contributed by atoms with Crippen molar-refractivity contribution in [1.82, 2.24) is 9.55 Å². The van der Waals surface area contributed by atoms with Crippen molar-refractivity contribution in [2.75, 3.05) is 18.0 Å². The van der Waals surface area contributed by atoms with E-state index in [4.69, 9.17) is 4.98 Å². The van der Waals surface area contributed by atoms with E-state index in [1.165, 1.54) is 6.42 Å². The van der Waals surface area contributed by atoms with E-state index in [1.54, 1.807) is 10.6 Å². The molecule has 1 fully saturated rings. The van der Waals surface area contributed by atoms with E-state index >= 15 is 0 Å². The van der Waals surface area contributed by atoms with Gasteiger partial charge in [0, 0.05) is 18.7 Å². The van der Waals surface area contributed by atoms with Crippen LogP contribution in [0.2, 0.25) is 0 Å². The molecular formula is C24H25N3O. The van der Waals surface area contributed by atoms with Crippen molar-refractivity contribution in [3.05, 3.63) is 82.7 Å². The Morgan fingerprint density at radius 2 is 1.64 bits per heavy atom. The summed E-state index contributed by atoms with van der Waals surface area (Å²) in [6, 6.07) is 17.9. The molecule has 0 N–H and O–H groups in total. The van der Waals surface area contributed by atoms with Crippen LogP contribution in [0.25, 0.3) is 23.2 Å². The molecule has 0 atom stereocenters. The van der Waals surface area contributed by atoms with Crippen LogP contribution < -0.4 is 10.5 Å². The van der Waals surface area contributed by atoms with Crippen molar-refractivity contribution in [2.45, 2.75) is 26.2 Å². The summed E-state index contributed by atoms with van der Waals surface area (Å²) in [4.78, 5) is 20.8. The van der Waals surface area contributed by atoms with Crippen LogP contribution in [0.4, 0.5) is 5.82 Å². The Kier molecular flexibility index (Phi) is 5.11. The fourth-order valence-corrected chi connectivity index (χ4v) is 3.76. The van der Waals surface area contributed by atoms with E-state index in [0.717, 1.165) is 48.6 Å². The molecule has 0 aliphatic carbocycles. The van der Waals surface area contributed by atoms with Gasteiger partial charge in [-0.2, -0.15) is 0 Å². The van der Waals surface area contributed by atoms with Crippen molar-refractivity contribution in [3.63, 3.8) is 0 Å². The van der Waals surface area contributed by atoms with E-state index in [1.807, 2.05) is 61.5 Å². The topological polar surface area (TPSA) is 38.1 Å². The molecule has 2 heterocycles. The molecule has 0 unspecified atom stereocenters. The maximum Gasteiger partial charge on any atom is 0.267 e. The van der Waals surface area contributed by atoms with E-state index in [2.05, 4.69) is 11.5 Å². The first-order chi connectivity index (χ1) is 13.7. The number of hydrogen-bond donors (Lipinski definition) is 0. The molecule has 1 saturated heterocycles.